The van der Waals surface area contributed by atoms with E-state index in [2.05, 4.69) is 32.0 Å². The largest absolute Gasteiger partial charge is 0.487 e. The van der Waals surface area contributed by atoms with Gasteiger partial charge in [0.2, 0.25) is 0 Å². The van der Waals surface area contributed by atoms with Crippen LogP contribution < -0.4 is 10.5 Å². The topological polar surface area (TPSA) is 35.2 Å². The first-order chi connectivity index (χ1) is 8.01. The number of aryl methyl sites for hydroxylation is 1. The lowest BCUT2D eigenvalue weighted by molar-refractivity contribution is 0.0224. The van der Waals surface area contributed by atoms with Crippen LogP contribution >= 0.6 is 0 Å². The second kappa shape index (κ2) is 3.49. The maximum atomic E-state index is 6.51. The van der Waals surface area contributed by atoms with Crippen LogP contribution in [0.15, 0.2) is 18.2 Å². The van der Waals surface area contributed by atoms with Gasteiger partial charge in [-0.15, -0.1) is 0 Å². The van der Waals surface area contributed by atoms with E-state index in [4.69, 9.17) is 10.5 Å². The van der Waals surface area contributed by atoms with E-state index in [1.807, 2.05) is 0 Å². The third kappa shape index (κ3) is 1.75. The third-order valence-electron chi connectivity index (χ3n) is 4.28. The van der Waals surface area contributed by atoms with Crippen molar-refractivity contribution in [1.82, 2.24) is 0 Å². The van der Waals surface area contributed by atoms with Crippen molar-refractivity contribution < 1.29 is 4.74 Å². The fraction of sp³-hybridized carbons (Fsp3) is 0.600. The molecule has 0 bridgehead atoms. The zero-order valence-electron chi connectivity index (χ0n) is 10.8. The first-order valence-corrected chi connectivity index (χ1v) is 6.60. The first kappa shape index (κ1) is 11.1. The second-order valence-corrected chi connectivity index (χ2v) is 6.09. The molecule has 1 heterocycles. The minimum atomic E-state index is -0.244. The Morgan fingerprint density at radius 2 is 1.94 bits per heavy atom. The quantitative estimate of drug-likeness (QED) is 0.743. The Morgan fingerprint density at radius 1 is 1.24 bits per heavy atom. The van der Waals surface area contributed by atoms with Gasteiger partial charge < -0.3 is 10.5 Å². The van der Waals surface area contributed by atoms with E-state index < -0.39 is 0 Å². The van der Waals surface area contributed by atoms with Crippen molar-refractivity contribution in [2.75, 3.05) is 0 Å². The van der Waals surface area contributed by atoms with Gasteiger partial charge in [0, 0.05) is 17.5 Å². The summed E-state index contributed by atoms with van der Waals surface area (Å²) in [6.45, 7) is 4.25. The highest BCUT2D eigenvalue weighted by atomic mass is 16.5. The molecule has 1 saturated carbocycles. The van der Waals surface area contributed by atoms with Gasteiger partial charge in [0.1, 0.15) is 11.4 Å². The van der Waals surface area contributed by atoms with Gasteiger partial charge in [-0.25, -0.2) is 0 Å². The van der Waals surface area contributed by atoms with Gasteiger partial charge in [-0.1, -0.05) is 12.1 Å². The number of rotatable bonds is 0. The predicted octanol–water partition coefficient (Wildman–Crippen LogP) is 3.26. The van der Waals surface area contributed by atoms with E-state index in [1.54, 1.807) is 0 Å². The standard InChI is InChI=1S/C15H21NO/c1-11-5-6-12-13(9-11)17-15(7-3-4-8-15)10-14(12,2)16/h5-6,9H,3-4,7-8,10,16H2,1-2H3. The maximum Gasteiger partial charge on any atom is 0.125 e. The van der Waals surface area contributed by atoms with E-state index in [0.717, 1.165) is 25.0 Å². The summed E-state index contributed by atoms with van der Waals surface area (Å²) in [5, 5.41) is 0. The van der Waals surface area contributed by atoms with E-state index >= 15 is 0 Å². The van der Waals surface area contributed by atoms with Crippen LogP contribution in [0.2, 0.25) is 0 Å². The molecule has 2 heteroatoms. The Morgan fingerprint density at radius 3 is 2.65 bits per heavy atom. The molecule has 1 aliphatic carbocycles. The van der Waals surface area contributed by atoms with Crippen LogP contribution in [0.4, 0.5) is 0 Å². The van der Waals surface area contributed by atoms with Crippen molar-refractivity contribution in [3.63, 3.8) is 0 Å². The number of benzene rings is 1. The summed E-state index contributed by atoms with van der Waals surface area (Å²) in [4.78, 5) is 0. The van der Waals surface area contributed by atoms with Crippen molar-refractivity contribution in [3.05, 3.63) is 29.3 Å². The van der Waals surface area contributed by atoms with Gasteiger partial charge in [-0.3, -0.25) is 0 Å². The van der Waals surface area contributed by atoms with E-state index in [9.17, 15) is 0 Å². The number of nitrogens with two attached hydrogens (primary N) is 1. The van der Waals surface area contributed by atoms with Gasteiger partial charge in [0.05, 0.1) is 0 Å². The predicted molar refractivity (Wildman–Crippen MR) is 69.2 cm³/mol. The molecular formula is C15H21NO. The zero-order valence-corrected chi connectivity index (χ0v) is 10.8. The summed E-state index contributed by atoms with van der Waals surface area (Å²) in [5.74, 6) is 1.02. The van der Waals surface area contributed by atoms with Gasteiger partial charge in [-0.05, 0) is 51.2 Å². The van der Waals surface area contributed by atoms with Crippen molar-refractivity contribution >= 4 is 0 Å². The van der Waals surface area contributed by atoms with Crippen LogP contribution in [0.1, 0.15) is 50.2 Å². The Bertz CT molecular complexity index is 444. The molecule has 92 valence electrons. The van der Waals surface area contributed by atoms with E-state index in [1.165, 1.54) is 24.0 Å². The summed E-state index contributed by atoms with van der Waals surface area (Å²) in [7, 11) is 0. The smallest absolute Gasteiger partial charge is 0.125 e. The molecular weight excluding hydrogens is 210 g/mol. The number of ether oxygens (including phenoxy) is 1. The molecule has 1 aromatic carbocycles. The Kier molecular flexibility index (Phi) is 2.27. The molecule has 2 N–H and O–H groups in total. The Labute approximate surface area is 103 Å². The monoisotopic (exact) mass is 231 g/mol. The lowest BCUT2D eigenvalue weighted by Crippen LogP contribution is -2.49. The summed E-state index contributed by atoms with van der Waals surface area (Å²) < 4.78 is 6.32. The SMILES string of the molecule is Cc1ccc2c(c1)OC1(CCCC1)CC2(C)N. The molecule has 1 aliphatic heterocycles. The van der Waals surface area contributed by atoms with Crippen LogP contribution in [0, 0.1) is 6.92 Å². The lowest BCUT2D eigenvalue weighted by Gasteiger charge is -2.44. The molecule has 2 nitrogen and oxygen atoms in total. The molecule has 1 unspecified atom stereocenters. The maximum absolute atomic E-state index is 6.51. The average Bonchev–Trinajstić information content (AvgIpc) is 2.63. The number of fused-ring (bicyclic) bond motifs is 1. The Balaban J connectivity index is 2.07. The van der Waals surface area contributed by atoms with E-state index in [0.29, 0.717) is 0 Å². The minimum Gasteiger partial charge on any atom is -0.487 e. The summed E-state index contributed by atoms with van der Waals surface area (Å²) in [5.41, 5.74) is 8.70. The molecule has 0 aromatic heterocycles. The highest BCUT2D eigenvalue weighted by Crippen LogP contribution is 2.48. The zero-order chi connectivity index (χ0) is 12.1. The second-order valence-electron chi connectivity index (χ2n) is 6.09. The van der Waals surface area contributed by atoms with Crippen molar-refractivity contribution in [2.45, 2.75) is 57.1 Å². The first-order valence-electron chi connectivity index (χ1n) is 6.60. The summed E-state index contributed by atoms with van der Waals surface area (Å²) in [6, 6.07) is 6.39. The summed E-state index contributed by atoms with van der Waals surface area (Å²) >= 11 is 0. The summed E-state index contributed by atoms with van der Waals surface area (Å²) in [6.07, 6.45) is 5.82. The number of hydrogen-bond donors (Lipinski definition) is 1. The molecule has 0 amide bonds. The number of hydrogen-bond acceptors (Lipinski definition) is 2. The Hall–Kier alpha value is -1.02. The van der Waals surface area contributed by atoms with Gasteiger partial charge in [0.25, 0.3) is 0 Å². The van der Waals surface area contributed by atoms with Gasteiger partial charge >= 0.3 is 0 Å². The molecule has 2 aliphatic rings. The molecule has 1 fully saturated rings. The lowest BCUT2D eigenvalue weighted by atomic mass is 9.77. The fourth-order valence-electron chi connectivity index (χ4n) is 3.52. The van der Waals surface area contributed by atoms with Crippen LogP contribution in [0.25, 0.3) is 0 Å². The minimum absolute atomic E-state index is 0.0181. The molecule has 3 rings (SSSR count). The normalized spacial score (nSPS) is 30.1. The highest BCUT2D eigenvalue weighted by Gasteiger charge is 2.46. The van der Waals surface area contributed by atoms with Gasteiger partial charge in [-0.2, -0.15) is 0 Å². The van der Waals surface area contributed by atoms with Crippen molar-refractivity contribution in [3.8, 4) is 5.75 Å². The van der Waals surface area contributed by atoms with Gasteiger partial charge in [0.15, 0.2) is 0 Å². The molecule has 1 aromatic rings. The van der Waals surface area contributed by atoms with Crippen LogP contribution in [0.5, 0.6) is 5.75 Å². The van der Waals surface area contributed by atoms with Crippen LogP contribution in [-0.2, 0) is 5.54 Å². The van der Waals surface area contributed by atoms with Crippen molar-refractivity contribution in [1.29, 1.82) is 0 Å². The molecule has 0 saturated heterocycles. The van der Waals surface area contributed by atoms with Crippen LogP contribution in [0.3, 0.4) is 0 Å². The molecule has 0 radical (unpaired) electrons. The van der Waals surface area contributed by atoms with Crippen LogP contribution in [-0.4, -0.2) is 5.60 Å². The average molecular weight is 231 g/mol. The molecule has 1 spiro atoms. The molecule has 17 heavy (non-hydrogen) atoms. The fourth-order valence-corrected chi connectivity index (χ4v) is 3.52. The highest BCUT2D eigenvalue weighted by molar-refractivity contribution is 5.44. The van der Waals surface area contributed by atoms with Crippen molar-refractivity contribution in [2.24, 2.45) is 5.73 Å². The molecule has 1 atom stereocenters. The third-order valence-corrected chi connectivity index (χ3v) is 4.28. The van der Waals surface area contributed by atoms with E-state index in [-0.39, 0.29) is 11.1 Å².